The molecule has 0 spiro atoms. The number of aromatic carboxylic acids is 1. The second-order valence-electron chi connectivity index (χ2n) is 6.40. The molecule has 4 heteroatoms. The van der Waals surface area contributed by atoms with E-state index < -0.39 is 5.97 Å². The van der Waals surface area contributed by atoms with Gasteiger partial charge in [-0.05, 0) is 54.2 Å². The number of phenolic OH excluding ortho intramolecular Hbond substituents is 1. The van der Waals surface area contributed by atoms with Crippen molar-refractivity contribution < 1.29 is 19.7 Å². The number of carboxylic acids is 1. The van der Waals surface area contributed by atoms with Crippen LogP contribution in [0, 0.1) is 0 Å². The number of hydrogen-bond acceptors (Lipinski definition) is 3. The van der Waals surface area contributed by atoms with Crippen molar-refractivity contribution in [1.82, 2.24) is 0 Å². The summed E-state index contributed by atoms with van der Waals surface area (Å²) in [4.78, 5) is 10.9. The van der Waals surface area contributed by atoms with Crippen molar-refractivity contribution in [2.75, 3.05) is 0 Å². The van der Waals surface area contributed by atoms with Gasteiger partial charge in [-0.15, -0.1) is 0 Å². The van der Waals surface area contributed by atoms with Crippen LogP contribution >= 0.6 is 0 Å². The van der Waals surface area contributed by atoms with Crippen molar-refractivity contribution in [3.8, 4) is 11.5 Å². The van der Waals surface area contributed by atoms with Gasteiger partial charge >= 0.3 is 5.97 Å². The van der Waals surface area contributed by atoms with Crippen LogP contribution in [-0.2, 0) is 19.4 Å². The Balaban J connectivity index is 1.61. The van der Waals surface area contributed by atoms with Gasteiger partial charge in [-0.3, -0.25) is 0 Å². The first kappa shape index (κ1) is 18.5. The molecule has 0 radical (unpaired) electrons. The Bertz CT molecular complexity index is 886. The highest BCUT2D eigenvalue weighted by Crippen LogP contribution is 2.32. The van der Waals surface area contributed by atoms with Crippen molar-refractivity contribution in [1.29, 1.82) is 0 Å². The van der Waals surface area contributed by atoms with Crippen molar-refractivity contribution in [3.63, 3.8) is 0 Å². The lowest BCUT2D eigenvalue weighted by atomic mass is 10.0. The predicted molar refractivity (Wildman–Crippen MR) is 104 cm³/mol. The second-order valence-corrected chi connectivity index (χ2v) is 6.40. The third-order valence-electron chi connectivity index (χ3n) is 4.41. The second kappa shape index (κ2) is 8.90. The summed E-state index contributed by atoms with van der Waals surface area (Å²) in [6.07, 6.45) is 2.46. The van der Waals surface area contributed by atoms with Gasteiger partial charge < -0.3 is 14.9 Å². The molecule has 0 aliphatic heterocycles. The van der Waals surface area contributed by atoms with E-state index in [9.17, 15) is 9.90 Å². The van der Waals surface area contributed by atoms with Crippen LogP contribution in [0.2, 0.25) is 0 Å². The first-order valence-corrected chi connectivity index (χ1v) is 8.93. The molecule has 4 nitrogen and oxygen atoms in total. The number of ether oxygens (including phenoxy) is 1. The van der Waals surface area contributed by atoms with Crippen molar-refractivity contribution in [2.45, 2.75) is 25.9 Å². The maximum absolute atomic E-state index is 10.9. The Morgan fingerprint density at radius 1 is 0.815 bits per heavy atom. The molecule has 3 aromatic carbocycles. The van der Waals surface area contributed by atoms with Crippen molar-refractivity contribution in [2.24, 2.45) is 0 Å². The molecule has 0 unspecified atom stereocenters. The van der Waals surface area contributed by atoms with E-state index in [1.54, 1.807) is 18.2 Å². The first-order valence-electron chi connectivity index (χ1n) is 8.93. The van der Waals surface area contributed by atoms with E-state index in [0.717, 1.165) is 36.0 Å². The summed E-state index contributed by atoms with van der Waals surface area (Å²) in [6, 6.07) is 22.2. The molecule has 0 saturated heterocycles. The molecule has 27 heavy (non-hydrogen) atoms. The van der Waals surface area contributed by atoms with Crippen LogP contribution in [0.5, 0.6) is 11.5 Å². The van der Waals surface area contributed by atoms with E-state index in [4.69, 9.17) is 9.84 Å². The van der Waals surface area contributed by atoms with Gasteiger partial charge in [0.05, 0.1) is 5.56 Å². The smallest absolute Gasteiger partial charge is 0.335 e. The highest BCUT2D eigenvalue weighted by molar-refractivity contribution is 5.87. The zero-order valence-corrected chi connectivity index (χ0v) is 15.0. The van der Waals surface area contributed by atoms with Crippen LogP contribution in [0.4, 0.5) is 0 Å². The number of carbonyl (C=O) groups is 1. The largest absolute Gasteiger partial charge is 0.504 e. The molecule has 0 atom stereocenters. The number of para-hydroxylation sites is 1. The zero-order chi connectivity index (χ0) is 19.1. The van der Waals surface area contributed by atoms with E-state index in [1.165, 1.54) is 0 Å². The number of phenols is 1. The molecule has 0 saturated carbocycles. The van der Waals surface area contributed by atoms with Crippen LogP contribution < -0.4 is 4.74 Å². The minimum atomic E-state index is -0.915. The minimum absolute atomic E-state index is 0.147. The third kappa shape index (κ3) is 5.11. The molecule has 3 aromatic rings. The van der Waals surface area contributed by atoms with Crippen LogP contribution in [0.1, 0.15) is 33.5 Å². The molecule has 0 heterocycles. The summed E-state index contributed by atoms with van der Waals surface area (Å²) < 4.78 is 5.88. The van der Waals surface area contributed by atoms with Gasteiger partial charge in [-0.1, -0.05) is 54.6 Å². The highest BCUT2D eigenvalue weighted by Gasteiger charge is 2.10. The van der Waals surface area contributed by atoms with E-state index in [-0.39, 0.29) is 5.75 Å². The fraction of sp³-hybridized carbons (Fsp3) is 0.174. The normalized spacial score (nSPS) is 10.5. The average Bonchev–Trinajstić information content (AvgIpc) is 2.68. The Labute approximate surface area is 158 Å². The number of benzene rings is 3. The van der Waals surface area contributed by atoms with Gasteiger partial charge in [0.1, 0.15) is 6.61 Å². The van der Waals surface area contributed by atoms with E-state index in [0.29, 0.717) is 17.9 Å². The number of aryl methyl sites for hydroxylation is 2. The molecule has 0 aliphatic rings. The Morgan fingerprint density at radius 3 is 2.26 bits per heavy atom. The fourth-order valence-electron chi connectivity index (χ4n) is 2.96. The number of hydrogen-bond donors (Lipinski definition) is 2. The molecule has 0 amide bonds. The Kier molecular flexibility index (Phi) is 6.10. The van der Waals surface area contributed by atoms with Gasteiger partial charge in [0.25, 0.3) is 0 Å². The van der Waals surface area contributed by atoms with Gasteiger partial charge in [0.15, 0.2) is 11.5 Å². The SMILES string of the molecule is O=C(O)c1ccc(CCCc2cccc(O)c2OCc2ccccc2)cc1. The fourth-order valence-corrected chi connectivity index (χ4v) is 2.96. The summed E-state index contributed by atoms with van der Waals surface area (Å²) in [5.74, 6) is -0.238. The summed E-state index contributed by atoms with van der Waals surface area (Å²) in [5.41, 5.74) is 3.40. The maximum Gasteiger partial charge on any atom is 0.335 e. The lowest BCUT2D eigenvalue weighted by Gasteiger charge is -2.13. The molecular formula is C23H22O4. The summed E-state index contributed by atoms with van der Waals surface area (Å²) in [7, 11) is 0. The van der Waals surface area contributed by atoms with Crippen LogP contribution in [-0.4, -0.2) is 16.2 Å². The van der Waals surface area contributed by atoms with E-state index >= 15 is 0 Å². The molecular weight excluding hydrogens is 340 g/mol. The van der Waals surface area contributed by atoms with Gasteiger partial charge in [0.2, 0.25) is 0 Å². The van der Waals surface area contributed by atoms with E-state index in [1.807, 2.05) is 54.6 Å². The zero-order valence-electron chi connectivity index (χ0n) is 15.0. The summed E-state index contributed by atoms with van der Waals surface area (Å²) in [5, 5.41) is 19.1. The number of rotatable bonds is 8. The third-order valence-corrected chi connectivity index (χ3v) is 4.41. The molecule has 0 aliphatic carbocycles. The standard InChI is InChI=1S/C23H22O4/c24-21-11-5-10-19(22(21)27-16-18-6-2-1-3-7-18)9-4-8-17-12-14-20(15-13-17)23(25)26/h1-3,5-7,10-15,24H,4,8-9,16H2,(H,25,26). The quantitative estimate of drug-likeness (QED) is 0.601. The minimum Gasteiger partial charge on any atom is -0.504 e. The van der Waals surface area contributed by atoms with E-state index in [2.05, 4.69) is 0 Å². The van der Waals surface area contributed by atoms with Gasteiger partial charge in [-0.25, -0.2) is 4.79 Å². The molecule has 138 valence electrons. The van der Waals surface area contributed by atoms with Gasteiger partial charge in [-0.2, -0.15) is 0 Å². The molecule has 0 fully saturated rings. The van der Waals surface area contributed by atoms with Crippen molar-refractivity contribution >= 4 is 5.97 Å². The molecule has 3 rings (SSSR count). The van der Waals surface area contributed by atoms with Crippen LogP contribution in [0.3, 0.4) is 0 Å². The van der Waals surface area contributed by atoms with Crippen LogP contribution in [0.25, 0.3) is 0 Å². The molecule has 0 aromatic heterocycles. The lowest BCUT2D eigenvalue weighted by molar-refractivity contribution is 0.0697. The van der Waals surface area contributed by atoms with Gasteiger partial charge in [0, 0.05) is 0 Å². The Hall–Kier alpha value is -3.27. The lowest BCUT2D eigenvalue weighted by Crippen LogP contribution is -2.00. The van der Waals surface area contributed by atoms with Crippen molar-refractivity contribution in [3.05, 3.63) is 95.1 Å². The topological polar surface area (TPSA) is 66.8 Å². The number of aromatic hydroxyl groups is 1. The maximum atomic E-state index is 10.9. The summed E-state index contributed by atoms with van der Waals surface area (Å²) in [6.45, 7) is 0.405. The average molecular weight is 362 g/mol. The highest BCUT2D eigenvalue weighted by atomic mass is 16.5. The molecule has 0 bridgehead atoms. The van der Waals surface area contributed by atoms with Crippen LogP contribution in [0.15, 0.2) is 72.8 Å². The monoisotopic (exact) mass is 362 g/mol. The summed E-state index contributed by atoms with van der Waals surface area (Å²) >= 11 is 0. The number of carboxylic acid groups (broad SMARTS) is 1. The first-order chi connectivity index (χ1) is 13.1. The molecule has 2 N–H and O–H groups in total. The Morgan fingerprint density at radius 2 is 1.56 bits per heavy atom. The predicted octanol–water partition coefficient (Wildman–Crippen LogP) is 4.84.